The molecule has 46 valence electrons. The minimum absolute atomic E-state index is 0.918. The van der Waals surface area contributed by atoms with Crippen molar-refractivity contribution < 1.29 is 0 Å². The fourth-order valence-electron chi connectivity index (χ4n) is 0.373. The standard InChI is InChI=1S/C7H11Br/c1-3-4-5-7(2)6-8/h3H,1-2,4-6H2. The van der Waals surface area contributed by atoms with Gasteiger partial charge in [0, 0.05) is 5.33 Å². The maximum absolute atomic E-state index is 3.82. The van der Waals surface area contributed by atoms with Gasteiger partial charge >= 0.3 is 0 Å². The summed E-state index contributed by atoms with van der Waals surface area (Å²) >= 11 is 3.31. The molecule has 0 bridgehead atoms. The zero-order valence-electron chi connectivity index (χ0n) is 4.99. The van der Waals surface area contributed by atoms with Crippen LogP contribution in [0.25, 0.3) is 0 Å². The SMILES string of the molecule is C=CCCC(=C)CBr. The van der Waals surface area contributed by atoms with Crippen LogP contribution in [0.2, 0.25) is 0 Å². The van der Waals surface area contributed by atoms with Crippen molar-refractivity contribution in [2.24, 2.45) is 0 Å². The molecule has 0 saturated heterocycles. The lowest BCUT2D eigenvalue weighted by Gasteiger charge is -1.94. The zero-order chi connectivity index (χ0) is 6.41. The maximum atomic E-state index is 3.82. The highest BCUT2D eigenvalue weighted by Gasteiger charge is 1.86. The van der Waals surface area contributed by atoms with E-state index in [1.807, 2.05) is 6.08 Å². The van der Waals surface area contributed by atoms with Gasteiger partial charge in [-0.2, -0.15) is 0 Å². The summed E-state index contributed by atoms with van der Waals surface area (Å²) in [6.07, 6.45) is 4.02. The van der Waals surface area contributed by atoms with E-state index >= 15 is 0 Å². The highest BCUT2D eigenvalue weighted by molar-refractivity contribution is 9.09. The van der Waals surface area contributed by atoms with Crippen molar-refractivity contribution in [3.8, 4) is 0 Å². The Hall–Kier alpha value is -0.0400. The average Bonchev–Trinajstić information content (AvgIpc) is 1.83. The number of alkyl halides is 1. The van der Waals surface area contributed by atoms with Crippen LogP contribution in [0.1, 0.15) is 12.8 Å². The van der Waals surface area contributed by atoms with E-state index in [2.05, 4.69) is 29.1 Å². The van der Waals surface area contributed by atoms with Crippen molar-refractivity contribution in [2.45, 2.75) is 12.8 Å². The topological polar surface area (TPSA) is 0 Å². The van der Waals surface area contributed by atoms with Crippen LogP contribution in [0, 0.1) is 0 Å². The van der Waals surface area contributed by atoms with Crippen LogP contribution in [-0.4, -0.2) is 5.33 Å². The zero-order valence-corrected chi connectivity index (χ0v) is 6.58. The van der Waals surface area contributed by atoms with Crippen LogP contribution in [0.5, 0.6) is 0 Å². The van der Waals surface area contributed by atoms with Gasteiger partial charge in [-0.15, -0.1) is 6.58 Å². The van der Waals surface area contributed by atoms with Gasteiger partial charge < -0.3 is 0 Å². The number of hydrogen-bond donors (Lipinski definition) is 0. The monoisotopic (exact) mass is 174 g/mol. The average molecular weight is 175 g/mol. The fraction of sp³-hybridized carbons (Fsp3) is 0.429. The van der Waals surface area contributed by atoms with Gasteiger partial charge in [0.05, 0.1) is 0 Å². The van der Waals surface area contributed by atoms with Crippen LogP contribution in [0.15, 0.2) is 24.8 Å². The Labute approximate surface area is 59.4 Å². The summed E-state index contributed by atoms with van der Waals surface area (Å²) in [5.41, 5.74) is 1.24. The van der Waals surface area contributed by atoms with Gasteiger partial charge in [0.1, 0.15) is 0 Å². The summed E-state index contributed by atoms with van der Waals surface area (Å²) in [5, 5.41) is 0.918. The van der Waals surface area contributed by atoms with Gasteiger partial charge in [-0.25, -0.2) is 0 Å². The van der Waals surface area contributed by atoms with Gasteiger partial charge in [0.15, 0.2) is 0 Å². The van der Waals surface area contributed by atoms with Crippen LogP contribution in [-0.2, 0) is 0 Å². The molecule has 8 heavy (non-hydrogen) atoms. The molecule has 0 aromatic heterocycles. The molecule has 0 aliphatic heterocycles. The van der Waals surface area contributed by atoms with Crippen molar-refractivity contribution in [1.29, 1.82) is 0 Å². The van der Waals surface area contributed by atoms with Crippen LogP contribution >= 0.6 is 15.9 Å². The second kappa shape index (κ2) is 5.10. The van der Waals surface area contributed by atoms with Gasteiger partial charge in [-0.05, 0) is 12.8 Å². The highest BCUT2D eigenvalue weighted by atomic mass is 79.9. The second-order valence-corrected chi connectivity index (χ2v) is 2.27. The number of hydrogen-bond acceptors (Lipinski definition) is 0. The first-order valence-electron chi connectivity index (χ1n) is 2.64. The molecule has 0 amide bonds. The minimum Gasteiger partial charge on any atom is -0.103 e. The van der Waals surface area contributed by atoms with Crippen LogP contribution < -0.4 is 0 Å². The summed E-state index contributed by atoms with van der Waals surface area (Å²) in [6, 6.07) is 0. The normalized spacial score (nSPS) is 8.62. The largest absolute Gasteiger partial charge is 0.103 e. The quantitative estimate of drug-likeness (QED) is 0.455. The van der Waals surface area contributed by atoms with E-state index < -0.39 is 0 Å². The second-order valence-electron chi connectivity index (χ2n) is 1.71. The Morgan fingerprint density at radius 1 is 1.62 bits per heavy atom. The van der Waals surface area contributed by atoms with Gasteiger partial charge in [0.25, 0.3) is 0 Å². The molecule has 0 radical (unpaired) electrons. The van der Waals surface area contributed by atoms with E-state index in [-0.39, 0.29) is 0 Å². The summed E-state index contributed by atoms with van der Waals surface area (Å²) in [7, 11) is 0. The lowest BCUT2D eigenvalue weighted by atomic mass is 10.2. The highest BCUT2D eigenvalue weighted by Crippen LogP contribution is 2.04. The Morgan fingerprint density at radius 2 is 2.25 bits per heavy atom. The van der Waals surface area contributed by atoms with Crippen molar-refractivity contribution in [3.05, 3.63) is 24.8 Å². The van der Waals surface area contributed by atoms with E-state index in [0.29, 0.717) is 0 Å². The molecule has 0 atom stereocenters. The Balaban J connectivity index is 3.11. The smallest absolute Gasteiger partial charge is 0.0239 e. The molecule has 0 aliphatic rings. The first-order chi connectivity index (χ1) is 3.81. The van der Waals surface area contributed by atoms with Gasteiger partial charge in [-0.1, -0.05) is 34.2 Å². The van der Waals surface area contributed by atoms with Crippen molar-refractivity contribution in [2.75, 3.05) is 5.33 Å². The molecular formula is C7H11Br. The third-order valence-electron chi connectivity index (χ3n) is 0.891. The van der Waals surface area contributed by atoms with E-state index in [0.717, 1.165) is 18.2 Å². The lowest BCUT2D eigenvalue weighted by molar-refractivity contribution is 0.993. The van der Waals surface area contributed by atoms with Crippen molar-refractivity contribution in [1.82, 2.24) is 0 Å². The van der Waals surface area contributed by atoms with Crippen molar-refractivity contribution in [3.63, 3.8) is 0 Å². The number of halogens is 1. The third kappa shape index (κ3) is 4.13. The Morgan fingerprint density at radius 3 is 2.62 bits per heavy atom. The number of allylic oxidation sites excluding steroid dienone is 2. The summed E-state index contributed by atoms with van der Waals surface area (Å²) in [5.74, 6) is 0. The first-order valence-corrected chi connectivity index (χ1v) is 3.77. The van der Waals surface area contributed by atoms with E-state index in [1.54, 1.807) is 0 Å². The van der Waals surface area contributed by atoms with E-state index in [4.69, 9.17) is 0 Å². The minimum atomic E-state index is 0.918. The molecule has 0 spiro atoms. The molecule has 0 aromatic rings. The molecule has 0 unspecified atom stereocenters. The van der Waals surface area contributed by atoms with Crippen LogP contribution in [0.4, 0.5) is 0 Å². The molecule has 1 heteroatoms. The first kappa shape index (κ1) is 7.96. The molecule has 0 rings (SSSR count). The molecule has 0 heterocycles. The summed E-state index contributed by atoms with van der Waals surface area (Å²) in [4.78, 5) is 0. The third-order valence-corrected chi connectivity index (χ3v) is 1.68. The predicted molar refractivity (Wildman–Crippen MR) is 42.4 cm³/mol. The lowest BCUT2D eigenvalue weighted by Crippen LogP contribution is -1.78. The fourth-order valence-corrected chi connectivity index (χ4v) is 0.653. The van der Waals surface area contributed by atoms with Crippen LogP contribution in [0.3, 0.4) is 0 Å². The van der Waals surface area contributed by atoms with Gasteiger partial charge in [0.2, 0.25) is 0 Å². The van der Waals surface area contributed by atoms with E-state index in [9.17, 15) is 0 Å². The summed E-state index contributed by atoms with van der Waals surface area (Å²) < 4.78 is 0. The molecule has 0 saturated carbocycles. The summed E-state index contributed by atoms with van der Waals surface area (Å²) in [6.45, 7) is 7.43. The van der Waals surface area contributed by atoms with E-state index in [1.165, 1.54) is 5.57 Å². The van der Waals surface area contributed by atoms with Crippen molar-refractivity contribution >= 4 is 15.9 Å². The molecule has 0 aliphatic carbocycles. The molecule has 0 nitrogen and oxygen atoms in total. The molecule has 0 aromatic carbocycles. The Kier molecular flexibility index (Phi) is 5.08. The predicted octanol–water partition coefficient (Wildman–Crippen LogP) is 2.90. The number of rotatable bonds is 4. The van der Waals surface area contributed by atoms with Gasteiger partial charge in [-0.3, -0.25) is 0 Å². The Bertz CT molecular complexity index is 84.4. The molecule has 0 fully saturated rings. The molecule has 0 N–H and O–H groups in total. The maximum Gasteiger partial charge on any atom is 0.0239 e. The molecular weight excluding hydrogens is 164 g/mol.